The lowest BCUT2D eigenvalue weighted by molar-refractivity contribution is -0.389. The standard InChI is InChI=1S/C14H13N3O5/c1-2-22-14(19)11(9-6-4-3-5-7-9)12(18)13-15-8-10(16-13)17(20)21/h3-8,11H,2H2,1H3,(H,15,16). The van der Waals surface area contributed by atoms with Crippen LogP contribution in [0, 0.1) is 10.1 Å². The van der Waals surface area contributed by atoms with Crippen LogP contribution in [0.4, 0.5) is 5.82 Å². The number of hydrogen-bond acceptors (Lipinski definition) is 6. The Bertz CT molecular complexity index is 696. The van der Waals surface area contributed by atoms with Crippen LogP contribution in [0.1, 0.15) is 29.0 Å². The summed E-state index contributed by atoms with van der Waals surface area (Å²) in [6.07, 6.45) is 1.00. The van der Waals surface area contributed by atoms with E-state index in [0.717, 1.165) is 6.20 Å². The Morgan fingerprint density at radius 2 is 2.05 bits per heavy atom. The fourth-order valence-corrected chi connectivity index (χ4v) is 1.93. The van der Waals surface area contributed by atoms with Gasteiger partial charge in [0.05, 0.1) is 6.61 Å². The van der Waals surface area contributed by atoms with Crippen LogP contribution in [0.2, 0.25) is 0 Å². The van der Waals surface area contributed by atoms with Crippen LogP contribution in [0.15, 0.2) is 36.5 Å². The summed E-state index contributed by atoms with van der Waals surface area (Å²) in [5.41, 5.74) is 0.435. The largest absolute Gasteiger partial charge is 0.465 e. The summed E-state index contributed by atoms with van der Waals surface area (Å²) < 4.78 is 4.92. The lowest BCUT2D eigenvalue weighted by atomic mass is 9.94. The summed E-state index contributed by atoms with van der Waals surface area (Å²) in [6.45, 7) is 1.75. The molecule has 22 heavy (non-hydrogen) atoms. The van der Waals surface area contributed by atoms with E-state index >= 15 is 0 Å². The van der Waals surface area contributed by atoms with Crippen LogP contribution >= 0.6 is 0 Å². The number of aromatic amines is 1. The molecule has 8 nitrogen and oxygen atoms in total. The SMILES string of the molecule is CCOC(=O)C(C(=O)c1nc([N+](=O)[O-])c[nH]1)c1ccccc1. The molecule has 0 spiro atoms. The first-order chi connectivity index (χ1) is 10.5. The molecule has 1 aromatic heterocycles. The van der Waals surface area contributed by atoms with Crippen molar-refractivity contribution in [1.82, 2.24) is 9.97 Å². The Balaban J connectivity index is 2.37. The Kier molecular flexibility index (Phi) is 4.62. The molecule has 0 amide bonds. The molecule has 0 saturated heterocycles. The first-order valence-corrected chi connectivity index (χ1v) is 6.50. The summed E-state index contributed by atoms with van der Waals surface area (Å²) in [5.74, 6) is -3.37. The van der Waals surface area contributed by atoms with E-state index < -0.39 is 28.4 Å². The lowest BCUT2D eigenvalue weighted by Gasteiger charge is -2.12. The second kappa shape index (κ2) is 6.61. The van der Waals surface area contributed by atoms with Crippen molar-refractivity contribution in [2.45, 2.75) is 12.8 Å². The van der Waals surface area contributed by atoms with Crippen LogP contribution in [-0.2, 0) is 9.53 Å². The number of carbonyl (C=O) groups excluding carboxylic acids is 2. The number of ketones is 1. The normalized spacial score (nSPS) is 11.7. The number of ether oxygens (including phenoxy) is 1. The number of nitrogens with zero attached hydrogens (tertiary/aromatic N) is 2. The van der Waals surface area contributed by atoms with E-state index in [1.54, 1.807) is 37.3 Å². The molecule has 0 aliphatic heterocycles. The van der Waals surface area contributed by atoms with Gasteiger partial charge < -0.3 is 19.8 Å². The zero-order chi connectivity index (χ0) is 16.1. The molecule has 0 aliphatic rings. The predicted octanol–water partition coefficient (Wildman–Crippen LogP) is 1.85. The third-order valence-corrected chi connectivity index (χ3v) is 2.90. The molecule has 1 atom stereocenters. The van der Waals surface area contributed by atoms with Crippen LogP contribution in [0.5, 0.6) is 0 Å². The molecular formula is C14H13N3O5. The number of aromatic nitrogens is 2. The maximum absolute atomic E-state index is 12.5. The van der Waals surface area contributed by atoms with Crippen LogP contribution in [0.25, 0.3) is 0 Å². The zero-order valence-electron chi connectivity index (χ0n) is 11.7. The van der Waals surface area contributed by atoms with Crippen LogP contribution < -0.4 is 0 Å². The summed E-state index contributed by atoms with van der Waals surface area (Å²) in [7, 11) is 0. The first kappa shape index (κ1) is 15.4. The molecule has 114 valence electrons. The molecule has 0 aliphatic carbocycles. The molecule has 0 radical (unpaired) electrons. The van der Waals surface area contributed by atoms with Gasteiger partial charge in [-0.15, -0.1) is 0 Å². The highest BCUT2D eigenvalue weighted by Gasteiger charge is 2.35. The maximum Gasteiger partial charge on any atom is 0.382 e. The van der Waals surface area contributed by atoms with Gasteiger partial charge in [0.25, 0.3) is 5.82 Å². The van der Waals surface area contributed by atoms with Gasteiger partial charge in [-0.3, -0.25) is 9.59 Å². The van der Waals surface area contributed by atoms with Crippen molar-refractivity contribution in [2.75, 3.05) is 6.61 Å². The number of imidazole rings is 1. The van der Waals surface area contributed by atoms with E-state index in [0.29, 0.717) is 5.56 Å². The van der Waals surface area contributed by atoms with Crippen molar-refractivity contribution in [2.24, 2.45) is 0 Å². The third-order valence-electron chi connectivity index (χ3n) is 2.90. The number of nitro groups is 1. The van der Waals surface area contributed by atoms with Crippen LogP contribution in [0.3, 0.4) is 0 Å². The molecule has 1 unspecified atom stereocenters. The quantitative estimate of drug-likeness (QED) is 0.286. The topological polar surface area (TPSA) is 115 Å². The number of carbonyl (C=O) groups is 2. The van der Waals surface area contributed by atoms with Gasteiger partial charge in [-0.25, -0.2) is 0 Å². The number of esters is 1. The predicted molar refractivity (Wildman–Crippen MR) is 75.4 cm³/mol. The minimum Gasteiger partial charge on any atom is -0.465 e. The van der Waals surface area contributed by atoms with Gasteiger partial charge in [0.15, 0.2) is 5.92 Å². The minimum atomic E-state index is -1.22. The van der Waals surface area contributed by atoms with E-state index in [1.807, 2.05) is 0 Å². The summed E-state index contributed by atoms with van der Waals surface area (Å²) in [4.78, 5) is 40.5. The highest BCUT2D eigenvalue weighted by atomic mass is 16.6. The maximum atomic E-state index is 12.5. The van der Waals surface area contributed by atoms with Gasteiger partial charge in [0, 0.05) is 0 Å². The second-order valence-corrected chi connectivity index (χ2v) is 4.32. The van der Waals surface area contributed by atoms with Gasteiger partial charge in [-0.1, -0.05) is 30.3 Å². The van der Waals surface area contributed by atoms with E-state index in [9.17, 15) is 19.7 Å². The van der Waals surface area contributed by atoms with Crippen molar-refractivity contribution in [3.05, 3.63) is 58.0 Å². The van der Waals surface area contributed by atoms with Gasteiger partial charge >= 0.3 is 11.8 Å². The molecule has 2 aromatic rings. The molecule has 8 heteroatoms. The van der Waals surface area contributed by atoms with Crippen molar-refractivity contribution in [3.8, 4) is 0 Å². The smallest absolute Gasteiger partial charge is 0.382 e. The Morgan fingerprint density at radius 1 is 1.36 bits per heavy atom. The number of Topliss-reactive ketones (excluding diaryl/α,β-unsaturated/α-hetero) is 1. The molecule has 0 saturated carbocycles. The van der Waals surface area contributed by atoms with Crippen LogP contribution in [-0.4, -0.2) is 33.3 Å². The monoisotopic (exact) mass is 303 g/mol. The van der Waals surface area contributed by atoms with Gasteiger partial charge in [0.1, 0.15) is 6.20 Å². The Hall–Kier alpha value is -3.03. The second-order valence-electron chi connectivity index (χ2n) is 4.32. The highest BCUT2D eigenvalue weighted by molar-refractivity contribution is 6.11. The number of nitrogens with one attached hydrogen (secondary N) is 1. The van der Waals surface area contributed by atoms with Crippen molar-refractivity contribution >= 4 is 17.6 Å². The number of H-pyrrole nitrogens is 1. The van der Waals surface area contributed by atoms with Crippen molar-refractivity contribution in [3.63, 3.8) is 0 Å². The molecule has 2 rings (SSSR count). The number of rotatable bonds is 6. The Labute approximate surface area is 125 Å². The Morgan fingerprint density at radius 3 is 2.59 bits per heavy atom. The molecule has 1 N–H and O–H groups in total. The van der Waals surface area contributed by atoms with E-state index in [2.05, 4.69) is 9.97 Å². The first-order valence-electron chi connectivity index (χ1n) is 6.50. The lowest BCUT2D eigenvalue weighted by Crippen LogP contribution is -2.25. The van der Waals surface area contributed by atoms with Gasteiger partial charge in [-0.2, -0.15) is 0 Å². The molecular weight excluding hydrogens is 290 g/mol. The summed E-state index contributed by atoms with van der Waals surface area (Å²) in [5, 5.41) is 10.6. The molecule has 0 fully saturated rings. The van der Waals surface area contributed by atoms with Gasteiger partial charge in [0.2, 0.25) is 5.78 Å². The number of benzene rings is 1. The van der Waals surface area contributed by atoms with E-state index in [4.69, 9.17) is 4.74 Å². The minimum absolute atomic E-state index is 0.119. The van der Waals surface area contributed by atoms with Crippen molar-refractivity contribution < 1.29 is 19.2 Å². The molecule has 0 bridgehead atoms. The average Bonchev–Trinajstić information content (AvgIpc) is 2.99. The molecule has 1 heterocycles. The fourth-order valence-electron chi connectivity index (χ4n) is 1.93. The zero-order valence-corrected chi connectivity index (χ0v) is 11.7. The number of hydrogen-bond donors (Lipinski definition) is 1. The average molecular weight is 303 g/mol. The fraction of sp³-hybridized carbons (Fsp3) is 0.214. The molecule has 1 aromatic carbocycles. The highest BCUT2D eigenvalue weighted by Crippen LogP contribution is 2.22. The van der Waals surface area contributed by atoms with E-state index in [-0.39, 0.29) is 12.4 Å². The summed E-state index contributed by atoms with van der Waals surface area (Å²) in [6, 6.07) is 8.32. The summed E-state index contributed by atoms with van der Waals surface area (Å²) >= 11 is 0. The van der Waals surface area contributed by atoms with Gasteiger partial charge in [-0.05, 0) is 22.4 Å². The van der Waals surface area contributed by atoms with Crippen molar-refractivity contribution in [1.29, 1.82) is 0 Å². The van der Waals surface area contributed by atoms with E-state index in [1.165, 1.54) is 0 Å². The third kappa shape index (κ3) is 3.17.